The second-order valence-electron chi connectivity index (χ2n) is 6.47. The van der Waals surface area contributed by atoms with Crippen molar-refractivity contribution in [3.05, 3.63) is 29.3 Å². The van der Waals surface area contributed by atoms with E-state index in [0.29, 0.717) is 6.04 Å². The van der Waals surface area contributed by atoms with Gasteiger partial charge < -0.3 is 15.2 Å². The lowest BCUT2D eigenvalue weighted by molar-refractivity contribution is 0.133. The Morgan fingerprint density at radius 2 is 2.10 bits per heavy atom. The van der Waals surface area contributed by atoms with Crippen LogP contribution < -0.4 is 10.1 Å². The minimum atomic E-state index is -0.168. The van der Waals surface area contributed by atoms with Crippen LogP contribution in [0, 0.1) is 13.8 Å². The van der Waals surface area contributed by atoms with Crippen molar-refractivity contribution in [3.63, 3.8) is 0 Å². The third kappa shape index (κ3) is 3.53. The zero-order valence-corrected chi connectivity index (χ0v) is 13.1. The lowest BCUT2D eigenvalue weighted by Crippen LogP contribution is -2.50. The average molecular weight is 277 g/mol. The fourth-order valence-electron chi connectivity index (χ4n) is 3.09. The number of aliphatic hydroxyl groups is 1. The molecule has 112 valence electrons. The molecule has 0 radical (unpaired) electrons. The first-order chi connectivity index (χ1) is 9.44. The number of aryl methyl sites for hydroxylation is 2. The Kier molecular flexibility index (Phi) is 4.71. The zero-order valence-electron chi connectivity index (χ0n) is 13.1. The number of rotatable bonds is 5. The van der Waals surface area contributed by atoms with Gasteiger partial charge in [0.15, 0.2) is 0 Å². The highest BCUT2D eigenvalue weighted by Gasteiger charge is 2.40. The van der Waals surface area contributed by atoms with Gasteiger partial charge in [0, 0.05) is 18.0 Å². The van der Waals surface area contributed by atoms with Crippen LogP contribution in [-0.4, -0.2) is 29.4 Å². The van der Waals surface area contributed by atoms with Gasteiger partial charge in [0.2, 0.25) is 0 Å². The van der Waals surface area contributed by atoms with Gasteiger partial charge in [-0.15, -0.1) is 0 Å². The quantitative estimate of drug-likeness (QED) is 0.869. The first kappa shape index (κ1) is 15.3. The van der Waals surface area contributed by atoms with Gasteiger partial charge in [0.05, 0.1) is 6.61 Å². The van der Waals surface area contributed by atoms with Crippen LogP contribution in [0.1, 0.15) is 44.2 Å². The second kappa shape index (κ2) is 6.15. The maximum Gasteiger partial charge on any atom is 0.120 e. The molecule has 0 aliphatic heterocycles. The Balaban J connectivity index is 2.00. The zero-order chi connectivity index (χ0) is 14.8. The van der Waals surface area contributed by atoms with Gasteiger partial charge in [-0.1, -0.05) is 19.9 Å². The predicted molar refractivity (Wildman–Crippen MR) is 82.3 cm³/mol. The second-order valence-corrected chi connectivity index (χ2v) is 6.47. The van der Waals surface area contributed by atoms with Gasteiger partial charge in [-0.25, -0.2) is 0 Å². The Hall–Kier alpha value is -1.06. The lowest BCUT2D eigenvalue weighted by Gasteiger charge is -2.30. The van der Waals surface area contributed by atoms with E-state index in [-0.39, 0.29) is 18.2 Å². The average Bonchev–Trinajstić information content (AvgIpc) is 2.77. The Labute approximate surface area is 122 Å². The van der Waals surface area contributed by atoms with Crippen LogP contribution >= 0.6 is 0 Å². The van der Waals surface area contributed by atoms with Crippen LogP contribution in [0.2, 0.25) is 0 Å². The van der Waals surface area contributed by atoms with Crippen LogP contribution in [0.3, 0.4) is 0 Å². The van der Waals surface area contributed by atoms with Crippen molar-refractivity contribution in [3.8, 4) is 5.75 Å². The fourth-order valence-corrected chi connectivity index (χ4v) is 3.09. The van der Waals surface area contributed by atoms with Crippen LogP contribution in [-0.2, 0) is 0 Å². The van der Waals surface area contributed by atoms with E-state index in [1.54, 1.807) is 0 Å². The molecule has 2 N–H and O–H groups in total. The molecule has 0 amide bonds. The number of ether oxygens (including phenoxy) is 1. The standard InChI is InChI=1S/C17H27NO2/c1-12(2)18-17(11-19)8-7-16(10-17)20-15-6-5-13(3)14(4)9-15/h5-6,9,12,16,18-19H,7-8,10-11H2,1-4H3. The summed E-state index contributed by atoms with van der Waals surface area (Å²) < 4.78 is 6.10. The number of aliphatic hydroxyl groups excluding tert-OH is 1. The largest absolute Gasteiger partial charge is 0.490 e. The summed E-state index contributed by atoms with van der Waals surface area (Å²) in [6.45, 7) is 8.63. The molecule has 2 atom stereocenters. The minimum Gasteiger partial charge on any atom is -0.490 e. The number of benzene rings is 1. The summed E-state index contributed by atoms with van der Waals surface area (Å²) in [6, 6.07) is 6.62. The van der Waals surface area contributed by atoms with E-state index >= 15 is 0 Å². The molecule has 1 aromatic rings. The van der Waals surface area contributed by atoms with Crippen molar-refractivity contribution < 1.29 is 9.84 Å². The maximum atomic E-state index is 9.71. The van der Waals surface area contributed by atoms with Crippen molar-refractivity contribution in [1.82, 2.24) is 5.32 Å². The van der Waals surface area contributed by atoms with Crippen LogP contribution in [0.4, 0.5) is 0 Å². The van der Waals surface area contributed by atoms with Crippen LogP contribution in [0.15, 0.2) is 18.2 Å². The minimum absolute atomic E-state index is 0.168. The van der Waals surface area contributed by atoms with Crippen molar-refractivity contribution in [2.45, 2.75) is 64.6 Å². The van der Waals surface area contributed by atoms with Gasteiger partial charge in [-0.05, 0) is 49.9 Å². The predicted octanol–water partition coefficient (Wildman–Crippen LogP) is 2.96. The highest BCUT2D eigenvalue weighted by Crippen LogP contribution is 2.33. The SMILES string of the molecule is Cc1ccc(OC2CCC(CO)(NC(C)C)C2)cc1C. The molecule has 1 aliphatic carbocycles. The number of hydrogen-bond donors (Lipinski definition) is 2. The highest BCUT2D eigenvalue weighted by atomic mass is 16.5. The third-order valence-electron chi connectivity index (χ3n) is 4.24. The van der Waals surface area contributed by atoms with E-state index in [4.69, 9.17) is 4.74 Å². The number of nitrogens with one attached hydrogen (secondary N) is 1. The summed E-state index contributed by atoms with van der Waals surface area (Å²) in [4.78, 5) is 0. The summed E-state index contributed by atoms with van der Waals surface area (Å²) in [7, 11) is 0. The molecule has 0 spiro atoms. The van der Waals surface area contributed by atoms with E-state index in [1.807, 2.05) is 6.07 Å². The van der Waals surface area contributed by atoms with E-state index in [9.17, 15) is 5.11 Å². The molecule has 0 saturated heterocycles. The summed E-state index contributed by atoms with van der Waals surface area (Å²) >= 11 is 0. The van der Waals surface area contributed by atoms with Gasteiger partial charge in [-0.3, -0.25) is 0 Å². The van der Waals surface area contributed by atoms with E-state index in [1.165, 1.54) is 11.1 Å². The topological polar surface area (TPSA) is 41.5 Å². The monoisotopic (exact) mass is 277 g/mol. The van der Waals surface area contributed by atoms with E-state index < -0.39 is 0 Å². The molecule has 0 heterocycles. The molecule has 1 saturated carbocycles. The smallest absolute Gasteiger partial charge is 0.120 e. The summed E-state index contributed by atoms with van der Waals surface area (Å²) in [5.41, 5.74) is 2.38. The van der Waals surface area contributed by atoms with E-state index in [0.717, 1.165) is 25.0 Å². The molecular weight excluding hydrogens is 250 g/mol. The molecule has 1 aliphatic rings. The van der Waals surface area contributed by atoms with Gasteiger partial charge in [0.1, 0.15) is 11.9 Å². The molecule has 2 rings (SSSR count). The molecular formula is C17H27NO2. The normalized spacial score (nSPS) is 26.2. The van der Waals surface area contributed by atoms with Crippen molar-refractivity contribution in [2.75, 3.05) is 6.61 Å². The van der Waals surface area contributed by atoms with Crippen molar-refractivity contribution in [2.24, 2.45) is 0 Å². The summed E-state index contributed by atoms with van der Waals surface area (Å²) in [5.74, 6) is 0.941. The van der Waals surface area contributed by atoms with Crippen LogP contribution in [0.5, 0.6) is 5.75 Å². The Morgan fingerprint density at radius 1 is 1.35 bits per heavy atom. The maximum absolute atomic E-state index is 9.71. The first-order valence-corrected chi connectivity index (χ1v) is 7.56. The number of hydrogen-bond acceptors (Lipinski definition) is 3. The molecule has 2 unspecified atom stereocenters. The van der Waals surface area contributed by atoms with Crippen molar-refractivity contribution in [1.29, 1.82) is 0 Å². The Morgan fingerprint density at radius 3 is 2.70 bits per heavy atom. The van der Waals surface area contributed by atoms with Gasteiger partial charge >= 0.3 is 0 Å². The molecule has 1 fully saturated rings. The summed E-state index contributed by atoms with van der Waals surface area (Å²) in [5, 5.41) is 13.2. The Bertz CT molecular complexity index is 458. The molecule has 20 heavy (non-hydrogen) atoms. The van der Waals surface area contributed by atoms with Gasteiger partial charge in [0.25, 0.3) is 0 Å². The highest BCUT2D eigenvalue weighted by molar-refractivity contribution is 5.34. The summed E-state index contributed by atoms with van der Waals surface area (Å²) in [6.07, 6.45) is 3.02. The van der Waals surface area contributed by atoms with Gasteiger partial charge in [-0.2, -0.15) is 0 Å². The molecule has 3 nitrogen and oxygen atoms in total. The molecule has 3 heteroatoms. The van der Waals surface area contributed by atoms with Crippen LogP contribution in [0.25, 0.3) is 0 Å². The third-order valence-corrected chi connectivity index (χ3v) is 4.24. The first-order valence-electron chi connectivity index (χ1n) is 7.56. The molecule has 0 aromatic heterocycles. The van der Waals surface area contributed by atoms with Crippen molar-refractivity contribution >= 4 is 0 Å². The fraction of sp³-hybridized carbons (Fsp3) is 0.647. The lowest BCUT2D eigenvalue weighted by atomic mass is 9.97. The molecule has 0 bridgehead atoms. The van der Waals surface area contributed by atoms with E-state index in [2.05, 4.69) is 45.1 Å². The molecule has 1 aromatic carbocycles.